The molecule has 0 amide bonds. The molecule has 1 N–H and O–H groups in total. The van der Waals surface area contributed by atoms with E-state index in [-0.39, 0.29) is 5.69 Å². The summed E-state index contributed by atoms with van der Waals surface area (Å²) in [6.45, 7) is 0.928. The summed E-state index contributed by atoms with van der Waals surface area (Å²) in [6.07, 6.45) is 1.56. The van der Waals surface area contributed by atoms with E-state index in [1.807, 2.05) is 0 Å². The van der Waals surface area contributed by atoms with Crippen LogP contribution in [-0.4, -0.2) is 17.2 Å². The second-order valence-electron chi connectivity index (χ2n) is 3.84. The van der Waals surface area contributed by atoms with Crippen molar-refractivity contribution in [2.24, 2.45) is 0 Å². The molecule has 0 aliphatic heterocycles. The van der Waals surface area contributed by atoms with Crippen molar-refractivity contribution < 1.29 is 14.2 Å². The molecular formula is C12H13N3O4. The van der Waals surface area contributed by atoms with Crippen LogP contribution >= 0.6 is 0 Å². The Morgan fingerprint density at radius 2 is 2.26 bits per heavy atom. The van der Waals surface area contributed by atoms with Crippen LogP contribution in [-0.2, 0) is 13.1 Å². The van der Waals surface area contributed by atoms with Crippen LogP contribution in [0.1, 0.15) is 11.3 Å². The standard InChI is InChI=1S/C12H13N3O4/c1-18-12-3-2-10(15(16)17)6-9(12)7-13-8-11-4-5-14-19-11/h2-6,13H,7-8H2,1H3. The van der Waals surface area contributed by atoms with E-state index >= 15 is 0 Å². The van der Waals surface area contributed by atoms with Gasteiger partial charge in [0.2, 0.25) is 0 Å². The molecule has 1 heterocycles. The molecule has 1 aromatic heterocycles. The zero-order chi connectivity index (χ0) is 13.7. The molecule has 7 heteroatoms. The fourth-order valence-corrected chi connectivity index (χ4v) is 1.67. The maximum Gasteiger partial charge on any atom is 0.270 e. The Kier molecular flexibility index (Phi) is 4.09. The van der Waals surface area contributed by atoms with Gasteiger partial charge in [0.15, 0.2) is 0 Å². The third-order valence-corrected chi connectivity index (χ3v) is 2.58. The molecule has 2 rings (SSSR count). The summed E-state index contributed by atoms with van der Waals surface area (Å²) in [5.41, 5.74) is 0.758. The van der Waals surface area contributed by atoms with Gasteiger partial charge in [-0.15, -0.1) is 0 Å². The van der Waals surface area contributed by atoms with Crippen molar-refractivity contribution in [3.63, 3.8) is 0 Å². The van der Waals surface area contributed by atoms with E-state index in [1.165, 1.54) is 19.2 Å². The first-order valence-corrected chi connectivity index (χ1v) is 5.62. The predicted molar refractivity (Wildman–Crippen MR) is 66.7 cm³/mol. The Morgan fingerprint density at radius 3 is 2.89 bits per heavy atom. The minimum atomic E-state index is -0.431. The third kappa shape index (κ3) is 3.29. The van der Waals surface area contributed by atoms with Crippen LogP contribution in [0.5, 0.6) is 5.75 Å². The van der Waals surface area contributed by atoms with E-state index in [0.29, 0.717) is 24.6 Å². The van der Waals surface area contributed by atoms with Crippen LogP contribution in [0, 0.1) is 10.1 Å². The second kappa shape index (κ2) is 5.96. The number of ether oxygens (including phenoxy) is 1. The second-order valence-corrected chi connectivity index (χ2v) is 3.84. The molecule has 0 unspecified atom stereocenters. The van der Waals surface area contributed by atoms with Gasteiger partial charge in [-0.25, -0.2) is 0 Å². The van der Waals surface area contributed by atoms with Gasteiger partial charge in [-0.2, -0.15) is 0 Å². The first kappa shape index (κ1) is 13.0. The summed E-state index contributed by atoms with van der Waals surface area (Å²) in [5.74, 6) is 1.31. The molecule has 7 nitrogen and oxygen atoms in total. The van der Waals surface area contributed by atoms with Crippen LogP contribution in [0.4, 0.5) is 5.69 Å². The van der Waals surface area contributed by atoms with Gasteiger partial charge in [-0.1, -0.05) is 5.16 Å². The SMILES string of the molecule is COc1ccc([N+](=O)[O-])cc1CNCc1ccno1. The number of nitrogens with zero attached hydrogens (tertiary/aromatic N) is 2. The Labute approximate surface area is 109 Å². The lowest BCUT2D eigenvalue weighted by molar-refractivity contribution is -0.384. The van der Waals surface area contributed by atoms with E-state index in [4.69, 9.17) is 9.26 Å². The van der Waals surface area contributed by atoms with E-state index < -0.39 is 4.92 Å². The molecule has 100 valence electrons. The third-order valence-electron chi connectivity index (χ3n) is 2.58. The maximum atomic E-state index is 10.7. The monoisotopic (exact) mass is 263 g/mol. The Hall–Kier alpha value is -2.41. The average Bonchev–Trinajstić information content (AvgIpc) is 2.91. The molecule has 0 aliphatic carbocycles. The quantitative estimate of drug-likeness (QED) is 0.632. The van der Waals surface area contributed by atoms with Crippen molar-refractivity contribution >= 4 is 5.69 Å². The number of methoxy groups -OCH3 is 1. The predicted octanol–water partition coefficient (Wildman–Crippen LogP) is 1.88. The normalized spacial score (nSPS) is 10.4. The van der Waals surface area contributed by atoms with Gasteiger partial charge in [0.05, 0.1) is 24.8 Å². The first-order chi connectivity index (χ1) is 9.20. The summed E-state index contributed by atoms with van der Waals surface area (Å²) in [4.78, 5) is 10.3. The highest BCUT2D eigenvalue weighted by molar-refractivity contribution is 5.43. The van der Waals surface area contributed by atoms with Crippen LogP contribution in [0.2, 0.25) is 0 Å². The van der Waals surface area contributed by atoms with Crippen molar-refractivity contribution in [2.45, 2.75) is 13.1 Å². The van der Waals surface area contributed by atoms with Crippen LogP contribution in [0.15, 0.2) is 35.0 Å². The Bertz CT molecular complexity index is 554. The number of nitrogens with one attached hydrogen (secondary N) is 1. The summed E-state index contributed by atoms with van der Waals surface area (Å²) in [7, 11) is 1.53. The zero-order valence-electron chi connectivity index (χ0n) is 10.3. The van der Waals surface area contributed by atoms with E-state index in [0.717, 1.165) is 5.56 Å². The molecule has 0 aliphatic rings. The molecule has 1 aromatic carbocycles. The summed E-state index contributed by atoms with van der Waals surface area (Å²) in [5, 5.41) is 17.4. The molecule has 0 atom stereocenters. The van der Waals surface area contributed by atoms with E-state index in [9.17, 15) is 10.1 Å². The van der Waals surface area contributed by atoms with E-state index in [2.05, 4.69) is 10.5 Å². The molecule has 2 aromatic rings. The van der Waals surface area contributed by atoms with Crippen molar-refractivity contribution in [1.29, 1.82) is 0 Å². The summed E-state index contributed by atoms with van der Waals surface area (Å²) >= 11 is 0. The molecule has 0 saturated heterocycles. The lowest BCUT2D eigenvalue weighted by Gasteiger charge is -2.08. The maximum absolute atomic E-state index is 10.7. The molecule has 19 heavy (non-hydrogen) atoms. The number of nitro benzene ring substituents is 1. The Morgan fingerprint density at radius 1 is 1.42 bits per heavy atom. The van der Waals surface area contributed by atoms with Crippen molar-refractivity contribution in [2.75, 3.05) is 7.11 Å². The van der Waals surface area contributed by atoms with Crippen LogP contribution in [0.25, 0.3) is 0 Å². The average molecular weight is 263 g/mol. The van der Waals surface area contributed by atoms with Crippen molar-refractivity contribution in [3.05, 3.63) is 51.9 Å². The highest BCUT2D eigenvalue weighted by Crippen LogP contribution is 2.23. The number of benzene rings is 1. The lowest BCUT2D eigenvalue weighted by atomic mass is 10.1. The number of non-ortho nitro benzene ring substituents is 1. The van der Waals surface area contributed by atoms with Gasteiger partial charge in [-0.05, 0) is 6.07 Å². The van der Waals surface area contributed by atoms with Gasteiger partial charge >= 0.3 is 0 Å². The number of hydrogen-bond donors (Lipinski definition) is 1. The van der Waals surface area contributed by atoms with E-state index in [1.54, 1.807) is 18.3 Å². The summed E-state index contributed by atoms with van der Waals surface area (Å²) in [6, 6.07) is 6.24. The molecule has 0 spiro atoms. The largest absolute Gasteiger partial charge is 0.496 e. The van der Waals surface area contributed by atoms with Crippen molar-refractivity contribution in [3.8, 4) is 5.75 Å². The number of rotatable bonds is 6. The number of nitro groups is 1. The van der Waals surface area contributed by atoms with Gasteiger partial charge in [0, 0.05) is 30.3 Å². The minimum absolute atomic E-state index is 0.0391. The molecule has 0 radical (unpaired) electrons. The number of hydrogen-bond acceptors (Lipinski definition) is 6. The lowest BCUT2D eigenvalue weighted by Crippen LogP contribution is -2.13. The van der Waals surface area contributed by atoms with Gasteiger partial charge in [0.1, 0.15) is 11.5 Å². The van der Waals surface area contributed by atoms with Gasteiger partial charge in [0.25, 0.3) is 5.69 Å². The first-order valence-electron chi connectivity index (χ1n) is 5.62. The highest BCUT2D eigenvalue weighted by atomic mass is 16.6. The summed E-state index contributed by atoms with van der Waals surface area (Å²) < 4.78 is 10.1. The number of aromatic nitrogens is 1. The smallest absolute Gasteiger partial charge is 0.270 e. The van der Waals surface area contributed by atoms with Crippen LogP contribution < -0.4 is 10.1 Å². The molecule has 0 bridgehead atoms. The van der Waals surface area contributed by atoms with Crippen molar-refractivity contribution in [1.82, 2.24) is 10.5 Å². The minimum Gasteiger partial charge on any atom is -0.496 e. The zero-order valence-corrected chi connectivity index (χ0v) is 10.3. The molecule has 0 saturated carbocycles. The fourth-order valence-electron chi connectivity index (χ4n) is 1.67. The topological polar surface area (TPSA) is 90.4 Å². The molecular weight excluding hydrogens is 250 g/mol. The Balaban J connectivity index is 2.04. The van der Waals surface area contributed by atoms with Gasteiger partial charge in [-0.3, -0.25) is 10.1 Å². The highest BCUT2D eigenvalue weighted by Gasteiger charge is 2.11. The fraction of sp³-hybridized carbons (Fsp3) is 0.250. The van der Waals surface area contributed by atoms with Crippen LogP contribution in [0.3, 0.4) is 0 Å². The molecule has 0 fully saturated rings. The van der Waals surface area contributed by atoms with Gasteiger partial charge < -0.3 is 14.6 Å².